The molecule has 0 saturated carbocycles. The summed E-state index contributed by atoms with van der Waals surface area (Å²) in [5.41, 5.74) is 11.7. The van der Waals surface area contributed by atoms with Crippen molar-refractivity contribution in [1.82, 2.24) is 9.55 Å². The maximum Gasteiger partial charge on any atom is 0.205 e. The second-order valence-electron chi connectivity index (χ2n) is 5.52. The number of hydrogen-bond acceptors (Lipinski definition) is 2. The van der Waals surface area contributed by atoms with Gasteiger partial charge in [0.1, 0.15) is 0 Å². The van der Waals surface area contributed by atoms with E-state index in [0.29, 0.717) is 5.95 Å². The highest BCUT2D eigenvalue weighted by atomic mass is 15.2. The first kappa shape index (κ1) is 14.4. The molecule has 1 aromatic heterocycles. The predicted octanol–water partition coefficient (Wildman–Crippen LogP) is 4.38. The van der Waals surface area contributed by atoms with Crippen LogP contribution in [0.1, 0.15) is 24.6 Å². The van der Waals surface area contributed by atoms with Crippen molar-refractivity contribution in [2.75, 3.05) is 5.73 Å². The summed E-state index contributed by atoms with van der Waals surface area (Å²) in [6.45, 7) is 4.19. The summed E-state index contributed by atoms with van der Waals surface area (Å²) in [5, 5.41) is 0. The van der Waals surface area contributed by atoms with Crippen LogP contribution in [0.4, 0.5) is 5.95 Å². The average molecular weight is 291 g/mol. The Morgan fingerprint density at radius 1 is 1.00 bits per heavy atom. The SMILES string of the molecule is CCCc1ccc(-n2c(N)nc(C)c2-c2ccccc2)cc1. The van der Waals surface area contributed by atoms with E-state index in [9.17, 15) is 0 Å². The van der Waals surface area contributed by atoms with Crippen molar-refractivity contribution >= 4 is 5.95 Å². The van der Waals surface area contributed by atoms with E-state index in [0.717, 1.165) is 35.5 Å². The fraction of sp³-hybridized carbons (Fsp3) is 0.211. The van der Waals surface area contributed by atoms with Crippen LogP contribution in [0.3, 0.4) is 0 Å². The molecule has 112 valence electrons. The van der Waals surface area contributed by atoms with Gasteiger partial charge in [-0.1, -0.05) is 55.8 Å². The van der Waals surface area contributed by atoms with Crippen molar-refractivity contribution in [2.24, 2.45) is 0 Å². The zero-order valence-corrected chi connectivity index (χ0v) is 13.1. The van der Waals surface area contributed by atoms with Crippen LogP contribution in [-0.2, 0) is 6.42 Å². The number of aromatic nitrogens is 2. The Morgan fingerprint density at radius 2 is 1.68 bits per heavy atom. The zero-order chi connectivity index (χ0) is 15.5. The molecule has 3 rings (SSSR count). The molecular weight excluding hydrogens is 270 g/mol. The highest BCUT2D eigenvalue weighted by Gasteiger charge is 2.15. The molecule has 22 heavy (non-hydrogen) atoms. The number of nitrogens with zero attached hydrogens (tertiary/aromatic N) is 2. The Labute approximate surface area is 131 Å². The largest absolute Gasteiger partial charge is 0.369 e. The van der Waals surface area contributed by atoms with E-state index in [1.807, 2.05) is 29.7 Å². The normalized spacial score (nSPS) is 10.8. The maximum atomic E-state index is 6.16. The molecule has 3 nitrogen and oxygen atoms in total. The molecule has 3 heteroatoms. The molecule has 0 bridgehead atoms. The summed E-state index contributed by atoms with van der Waals surface area (Å²) in [6, 6.07) is 18.8. The van der Waals surface area contributed by atoms with Crippen LogP contribution in [-0.4, -0.2) is 9.55 Å². The van der Waals surface area contributed by atoms with Gasteiger partial charge in [0.15, 0.2) is 0 Å². The lowest BCUT2D eigenvalue weighted by atomic mass is 10.1. The first-order valence-electron chi connectivity index (χ1n) is 7.70. The van der Waals surface area contributed by atoms with Crippen molar-refractivity contribution in [3.63, 3.8) is 0 Å². The molecule has 0 atom stereocenters. The van der Waals surface area contributed by atoms with Gasteiger partial charge >= 0.3 is 0 Å². The summed E-state index contributed by atoms with van der Waals surface area (Å²) in [5.74, 6) is 0.527. The van der Waals surface area contributed by atoms with Gasteiger partial charge in [-0.15, -0.1) is 0 Å². The number of benzene rings is 2. The molecule has 0 saturated heterocycles. The first-order chi connectivity index (χ1) is 10.7. The van der Waals surface area contributed by atoms with Crippen LogP contribution < -0.4 is 5.73 Å². The lowest BCUT2D eigenvalue weighted by Crippen LogP contribution is -2.02. The van der Waals surface area contributed by atoms with E-state index in [4.69, 9.17) is 5.73 Å². The second-order valence-corrected chi connectivity index (χ2v) is 5.52. The highest BCUT2D eigenvalue weighted by molar-refractivity contribution is 5.68. The minimum Gasteiger partial charge on any atom is -0.369 e. The van der Waals surface area contributed by atoms with E-state index >= 15 is 0 Å². The van der Waals surface area contributed by atoms with Crippen LogP contribution in [0, 0.1) is 6.92 Å². The van der Waals surface area contributed by atoms with Gasteiger partial charge in [-0.25, -0.2) is 4.98 Å². The molecule has 0 aliphatic carbocycles. The Bertz CT molecular complexity index is 755. The van der Waals surface area contributed by atoms with Crippen molar-refractivity contribution < 1.29 is 0 Å². The molecule has 0 fully saturated rings. The number of hydrogen-bond donors (Lipinski definition) is 1. The number of nitrogen functional groups attached to an aromatic ring is 1. The van der Waals surface area contributed by atoms with E-state index in [1.165, 1.54) is 5.56 Å². The molecule has 2 aromatic carbocycles. The van der Waals surface area contributed by atoms with E-state index in [1.54, 1.807) is 0 Å². The minimum atomic E-state index is 0.527. The third-order valence-electron chi connectivity index (χ3n) is 3.86. The number of aryl methyl sites for hydroxylation is 2. The topological polar surface area (TPSA) is 43.8 Å². The van der Waals surface area contributed by atoms with Gasteiger partial charge in [0.25, 0.3) is 0 Å². The van der Waals surface area contributed by atoms with E-state index < -0.39 is 0 Å². The Hall–Kier alpha value is -2.55. The van der Waals surface area contributed by atoms with Crippen LogP contribution in [0.2, 0.25) is 0 Å². The van der Waals surface area contributed by atoms with Gasteiger partial charge in [0, 0.05) is 11.3 Å². The van der Waals surface area contributed by atoms with Crippen molar-refractivity contribution in [1.29, 1.82) is 0 Å². The fourth-order valence-corrected chi connectivity index (χ4v) is 2.85. The van der Waals surface area contributed by atoms with Gasteiger partial charge in [-0.3, -0.25) is 4.57 Å². The monoisotopic (exact) mass is 291 g/mol. The lowest BCUT2D eigenvalue weighted by Gasteiger charge is -2.11. The number of nitrogens with two attached hydrogens (primary N) is 1. The third kappa shape index (κ3) is 2.62. The zero-order valence-electron chi connectivity index (χ0n) is 13.1. The van der Waals surface area contributed by atoms with Crippen LogP contribution in [0.25, 0.3) is 16.9 Å². The van der Waals surface area contributed by atoms with Gasteiger partial charge < -0.3 is 5.73 Å². The van der Waals surface area contributed by atoms with E-state index in [-0.39, 0.29) is 0 Å². The standard InChI is InChI=1S/C19H21N3/c1-3-7-15-10-12-17(13-11-15)22-18(14(2)21-19(22)20)16-8-5-4-6-9-16/h4-6,8-13H,3,7H2,1-2H3,(H2,20,21). The van der Waals surface area contributed by atoms with Crippen LogP contribution in [0.5, 0.6) is 0 Å². The molecule has 0 aliphatic rings. The summed E-state index contributed by atoms with van der Waals surface area (Å²) >= 11 is 0. The summed E-state index contributed by atoms with van der Waals surface area (Å²) in [6.07, 6.45) is 2.26. The second kappa shape index (κ2) is 6.06. The smallest absolute Gasteiger partial charge is 0.205 e. The molecule has 1 heterocycles. The van der Waals surface area contributed by atoms with Crippen LogP contribution in [0.15, 0.2) is 54.6 Å². The number of anilines is 1. The van der Waals surface area contributed by atoms with Gasteiger partial charge in [-0.05, 0) is 31.0 Å². The average Bonchev–Trinajstić information content (AvgIpc) is 2.84. The Morgan fingerprint density at radius 3 is 2.32 bits per heavy atom. The van der Waals surface area contributed by atoms with Crippen molar-refractivity contribution in [2.45, 2.75) is 26.7 Å². The van der Waals surface area contributed by atoms with Crippen molar-refractivity contribution in [3.05, 3.63) is 65.9 Å². The van der Waals surface area contributed by atoms with Gasteiger partial charge in [0.2, 0.25) is 5.95 Å². The number of rotatable bonds is 4. The summed E-state index contributed by atoms with van der Waals surface area (Å²) < 4.78 is 2.03. The van der Waals surface area contributed by atoms with Gasteiger partial charge in [0.05, 0.1) is 11.4 Å². The Balaban J connectivity index is 2.11. The predicted molar refractivity (Wildman–Crippen MR) is 92.1 cm³/mol. The first-order valence-corrected chi connectivity index (χ1v) is 7.70. The summed E-state index contributed by atoms with van der Waals surface area (Å²) in [7, 11) is 0. The lowest BCUT2D eigenvalue weighted by molar-refractivity contribution is 0.920. The number of imidazole rings is 1. The molecule has 0 spiro atoms. The highest BCUT2D eigenvalue weighted by Crippen LogP contribution is 2.29. The fourth-order valence-electron chi connectivity index (χ4n) is 2.85. The van der Waals surface area contributed by atoms with Crippen LogP contribution >= 0.6 is 0 Å². The van der Waals surface area contributed by atoms with Gasteiger partial charge in [-0.2, -0.15) is 0 Å². The van der Waals surface area contributed by atoms with Crippen molar-refractivity contribution in [3.8, 4) is 16.9 Å². The molecule has 2 N–H and O–H groups in total. The Kier molecular flexibility index (Phi) is 3.96. The summed E-state index contributed by atoms with van der Waals surface area (Å²) in [4.78, 5) is 4.46. The molecular formula is C19H21N3. The molecule has 0 radical (unpaired) electrons. The molecule has 0 amide bonds. The quantitative estimate of drug-likeness (QED) is 0.775. The molecule has 0 aliphatic heterocycles. The molecule has 0 unspecified atom stereocenters. The third-order valence-corrected chi connectivity index (χ3v) is 3.86. The molecule has 3 aromatic rings. The maximum absolute atomic E-state index is 6.16. The minimum absolute atomic E-state index is 0.527. The van der Waals surface area contributed by atoms with E-state index in [2.05, 4.69) is 48.3 Å².